The molecule has 1 aliphatic heterocycles. The Balaban J connectivity index is 2.39. The summed E-state index contributed by atoms with van der Waals surface area (Å²) in [5.41, 5.74) is 0. The summed E-state index contributed by atoms with van der Waals surface area (Å²) < 4.78 is 27.1. The number of thioether (sulfide) groups is 1. The minimum Gasteiger partial charge on any atom is -0.468 e. The summed E-state index contributed by atoms with van der Waals surface area (Å²) in [4.78, 5) is 24.4. The van der Waals surface area contributed by atoms with Gasteiger partial charge >= 0.3 is 5.97 Å². The van der Waals surface area contributed by atoms with Crippen LogP contribution < -0.4 is 0 Å². The number of amides is 1. The number of hydrogen-bond donors (Lipinski definition) is 0. The van der Waals surface area contributed by atoms with Crippen molar-refractivity contribution in [1.29, 1.82) is 0 Å². The highest BCUT2D eigenvalue weighted by molar-refractivity contribution is 8.02. The van der Waals surface area contributed by atoms with Crippen LogP contribution in [0.3, 0.4) is 0 Å². The van der Waals surface area contributed by atoms with E-state index in [0.717, 1.165) is 0 Å². The molecule has 1 aliphatic rings. The smallest absolute Gasteiger partial charge is 0.325 e. The summed E-state index contributed by atoms with van der Waals surface area (Å²) in [5, 5.41) is -0.00853. The van der Waals surface area contributed by atoms with Crippen LogP contribution in [0.25, 0.3) is 0 Å². The summed E-state index contributed by atoms with van der Waals surface area (Å²) in [6.07, 6.45) is 0.601. The van der Waals surface area contributed by atoms with Crippen LogP contribution in [0.2, 0.25) is 0 Å². The lowest BCUT2D eigenvalue weighted by Gasteiger charge is -2.19. The zero-order valence-electron chi connectivity index (χ0n) is 11.1. The van der Waals surface area contributed by atoms with Gasteiger partial charge in [0.05, 0.1) is 24.4 Å². The van der Waals surface area contributed by atoms with E-state index in [1.807, 2.05) is 0 Å². The monoisotopic (exact) mass is 309 g/mol. The molecule has 1 unspecified atom stereocenters. The first-order valence-corrected chi connectivity index (χ1v) is 8.91. The molecule has 110 valence electrons. The molecule has 0 N–H and O–H groups in total. The molecule has 0 bridgehead atoms. The second kappa shape index (κ2) is 7.14. The van der Waals surface area contributed by atoms with Gasteiger partial charge in [-0.25, -0.2) is 8.42 Å². The predicted molar refractivity (Wildman–Crippen MR) is 73.8 cm³/mol. The molecule has 0 aromatic heterocycles. The van der Waals surface area contributed by atoms with Gasteiger partial charge in [-0.3, -0.25) is 9.59 Å². The van der Waals surface area contributed by atoms with E-state index in [1.54, 1.807) is 6.92 Å². The maximum atomic E-state index is 11.9. The molecule has 1 atom stereocenters. The molecule has 0 radical (unpaired) electrons. The highest BCUT2D eigenvalue weighted by Gasteiger charge is 2.29. The Kier molecular flexibility index (Phi) is 6.12. The molecule has 0 aromatic carbocycles. The second-order valence-corrected chi connectivity index (χ2v) is 7.84. The minimum absolute atomic E-state index is 0.00853. The summed E-state index contributed by atoms with van der Waals surface area (Å²) in [6, 6.07) is 0. The normalized spacial score (nSPS) is 21.1. The lowest BCUT2D eigenvalue weighted by Crippen LogP contribution is -2.37. The highest BCUT2D eigenvalue weighted by atomic mass is 32.2. The molecule has 1 heterocycles. The fourth-order valence-corrected chi connectivity index (χ4v) is 5.31. The van der Waals surface area contributed by atoms with E-state index >= 15 is 0 Å². The Hall–Kier alpha value is -0.760. The molecular weight excluding hydrogens is 290 g/mol. The number of esters is 1. The zero-order valence-corrected chi connectivity index (χ0v) is 12.8. The van der Waals surface area contributed by atoms with Crippen molar-refractivity contribution in [3.05, 3.63) is 0 Å². The van der Waals surface area contributed by atoms with Gasteiger partial charge in [0, 0.05) is 11.8 Å². The number of likely N-dealkylation sites (N-methyl/N-ethyl adjacent to an activating group) is 1. The molecule has 1 fully saturated rings. The highest BCUT2D eigenvalue weighted by Crippen LogP contribution is 2.24. The van der Waals surface area contributed by atoms with Crippen molar-refractivity contribution in [2.45, 2.75) is 18.6 Å². The van der Waals surface area contributed by atoms with E-state index in [9.17, 15) is 18.0 Å². The van der Waals surface area contributed by atoms with E-state index in [1.165, 1.54) is 23.8 Å². The Morgan fingerprint density at radius 3 is 2.58 bits per heavy atom. The first kappa shape index (κ1) is 16.3. The van der Waals surface area contributed by atoms with Crippen molar-refractivity contribution in [3.63, 3.8) is 0 Å². The lowest BCUT2D eigenvalue weighted by molar-refractivity contribution is -0.146. The molecule has 0 aliphatic carbocycles. The number of rotatable bonds is 6. The second-order valence-electron chi connectivity index (χ2n) is 4.32. The fourth-order valence-electron chi connectivity index (χ4n) is 1.77. The van der Waals surface area contributed by atoms with Crippen molar-refractivity contribution in [3.8, 4) is 0 Å². The van der Waals surface area contributed by atoms with Crippen molar-refractivity contribution in [2.75, 3.05) is 37.5 Å². The first-order chi connectivity index (χ1) is 8.88. The number of carbonyl (C=O) groups is 2. The van der Waals surface area contributed by atoms with Gasteiger partial charge in [0.25, 0.3) is 0 Å². The van der Waals surface area contributed by atoms with Crippen LogP contribution in [0, 0.1) is 0 Å². The van der Waals surface area contributed by atoms with Crippen LogP contribution >= 0.6 is 11.8 Å². The Labute approximate surface area is 117 Å². The number of carbonyl (C=O) groups excluding carboxylic acids is 2. The van der Waals surface area contributed by atoms with Crippen LogP contribution in [0.4, 0.5) is 0 Å². The molecule has 19 heavy (non-hydrogen) atoms. The number of hydrogen-bond acceptors (Lipinski definition) is 6. The summed E-state index contributed by atoms with van der Waals surface area (Å²) in [5.74, 6) is -0.0664. The van der Waals surface area contributed by atoms with Crippen LogP contribution in [0.1, 0.15) is 13.3 Å². The van der Waals surface area contributed by atoms with Gasteiger partial charge in [-0.2, -0.15) is 0 Å². The third-order valence-electron chi connectivity index (χ3n) is 2.92. The van der Waals surface area contributed by atoms with Crippen molar-refractivity contribution in [1.82, 2.24) is 4.90 Å². The van der Waals surface area contributed by atoms with Crippen LogP contribution in [0.5, 0.6) is 0 Å². The third kappa shape index (κ3) is 5.40. The van der Waals surface area contributed by atoms with Gasteiger partial charge in [-0.05, 0) is 13.3 Å². The molecule has 0 saturated carbocycles. The van der Waals surface area contributed by atoms with Gasteiger partial charge in [0.1, 0.15) is 6.54 Å². The number of nitrogens with zero attached hydrogens (tertiary/aromatic N) is 1. The third-order valence-corrected chi connectivity index (χ3v) is 6.18. The van der Waals surface area contributed by atoms with E-state index < -0.39 is 15.8 Å². The number of sulfone groups is 1. The van der Waals surface area contributed by atoms with E-state index in [2.05, 4.69) is 4.74 Å². The average molecular weight is 309 g/mol. The van der Waals surface area contributed by atoms with Crippen LogP contribution in [-0.2, 0) is 24.2 Å². The molecular formula is C11H19NO5S2. The van der Waals surface area contributed by atoms with E-state index in [-0.39, 0.29) is 35.0 Å². The van der Waals surface area contributed by atoms with Crippen molar-refractivity contribution < 1.29 is 22.7 Å². The minimum atomic E-state index is -2.91. The van der Waals surface area contributed by atoms with E-state index in [0.29, 0.717) is 13.0 Å². The van der Waals surface area contributed by atoms with Gasteiger partial charge in [0.2, 0.25) is 5.91 Å². The number of methoxy groups -OCH3 is 1. The lowest BCUT2D eigenvalue weighted by atomic mass is 10.4. The summed E-state index contributed by atoms with van der Waals surface area (Å²) in [7, 11) is -1.64. The Morgan fingerprint density at radius 1 is 1.42 bits per heavy atom. The maximum Gasteiger partial charge on any atom is 0.325 e. The fraction of sp³-hybridized carbons (Fsp3) is 0.818. The molecule has 1 saturated heterocycles. The Bertz CT molecular complexity index is 434. The predicted octanol–water partition coefficient (Wildman–Crippen LogP) is -0.0718. The van der Waals surface area contributed by atoms with E-state index in [4.69, 9.17) is 0 Å². The topological polar surface area (TPSA) is 80.8 Å². The molecule has 0 aromatic rings. The van der Waals surface area contributed by atoms with Gasteiger partial charge in [-0.15, -0.1) is 11.8 Å². The van der Waals surface area contributed by atoms with Crippen molar-refractivity contribution in [2.24, 2.45) is 0 Å². The summed E-state index contributed by atoms with van der Waals surface area (Å²) >= 11 is 1.35. The zero-order chi connectivity index (χ0) is 14.5. The van der Waals surface area contributed by atoms with Gasteiger partial charge in [-0.1, -0.05) is 0 Å². The maximum absolute atomic E-state index is 11.9. The molecule has 1 amide bonds. The number of ether oxygens (including phenoxy) is 1. The Morgan fingerprint density at radius 2 is 2.11 bits per heavy atom. The molecule has 0 spiro atoms. The standard InChI is InChI=1S/C11H19NO5S2/c1-3-12(6-11(14)17-2)10(13)7-18-9-4-5-19(15,16)8-9/h9H,3-8H2,1-2H3. The van der Waals surface area contributed by atoms with Crippen LogP contribution in [0.15, 0.2) is 0 Å². The molecule has 1 rings (SSSR count). The summed E-state index contributed by atoms with van der Waals surface area (Å²) in [6.45, 7) is 2.15. The average Bonchev–Trinajstić information content (AvgIpc) is 2.72. The molecule has 8 heteroatoms. The SMILES string of the molecule is CCN(CC(=O)OC)C(=O)CSC1CCS(=O)(=O)C1. The quantitative estimate of drug-likeness (QED) is 0.639. The first-order valence-electron chi connectivity index (χ1n) is 6.04. The van der Waals surface area contributed by atoms with Crippen LogP contribution in [-0.4, -0.2) is 67.9 Å². The van der Waals surface area contributed by atoms with Crippen molar-refractivity contribution >= 4 is 33.5 Å². The van der Waals surface area contributed by atoms with Gasteiger partial charge < -0.3 is 9.64 Å². The largest absolute Gasteiger partial charge is 0.468 e. The van der Waals surface area contributed by atoms with Gasteiger partial charge in [0.15, 0.2) is 9.84 Å². The molecule has 6 nitrogen and oxygen atoms in total.